The van der Waals surface area contributed by atoms with Gasteiger partial charge in [0, 0.05) is 37.4 Å². The summed E-state index contributed by atoms with van der Waals surface area (Å²) >= 11 is 0. The Morgan fingerprint density at radius 3 is 2.70 bits per heavy atom. The van der Waals surface area contributed by atoms with Crippen molar-refractivity contribution < 1.29 is 9.13 Å². The fourth-order valence-corrected chi connectivity index (χ4v) is 3.23. The van der Waals surface area contributed by atoms with E-state index in [1.165, 1.54) is 28.7 Å². The smallest absolute Gasteiger partial charge is 0.123 e. The number of ether oxygens (including phenoxy) is 1. The zero-order chi connectivity index (χ0) is 15.6. The first kappa shape index (κ1) is 14.3. The molecule has 2 heterocycles. The van der Waals surface area contributed by atoms with Gasteiger partial charge in [0.05, 0.1) is 0 Å². The molecule has 2 aromatic carbocycles. The largest absolute Gasteiger partial charge is 0.492 e. The van der Waals surface area contributed by atoms with Crippen molar-refractivity contribution in [1.82, 2.24) is 9.47 Å². The number of hydrogen-bond acceptors (Lipinski definition) is 2. The molecule has 0 atom stereocenters. The van der Waals surface area contributed by atoms with E-state index in [2.05, 4.69) is 39.8 Å². The van der Waals surface area contributed by atoms with Gasteiger partial charge in [-0.15, -0.1) is 0 Å². The molecule has 0 aliphatic carbocycles. The highest BCUT2D eigenvalue weighted by atomic mass is 19.1. The minimum Gasteiger partial charge on any atom is -0.492 e. The number of benzene rings is 2. The monoisotopic (exact) mass is 310 g/mol. The predicted molar refractivity (Wildman–Crippen MR) is 89.1 cm³/mol. The normalized spacial score (nSPS) is 14.8. The van der Waals surface area contributed by atoms with Crippen molar-refractivity contribution in [3.63, 3.8) is 0 Å². The molecule has 0 radical (unpaired) electrons. The summed E-state index contributed by atoms with van der Waals surface area (Å²) in [4.78, 5) is 2.40. The lowest BCUT2D eigenvalue weighted by atomic mass is 10.2. The van der Waals surface area contributed by atoms with Crippen molar-refractivity contribution in [2.45, 2.75) is 13.1 Å². The summed E-state index contributed by atoms with van der Waals surface area (Å²) in [6.45, 7) is 4.48. The fourth-order valence-electron chi connectivity index (χ4n) is 3.23. The van der Waals surface area contributed by atoms with E-state index in [1.54, 1.807) is 12.1 Å². The Labute approximate surface area is 134 Å². The van der Waals surface area contributed by atoms with Crippen molar-refractivity contribution >= 4 is 10.9 Å². The van der Waals surface area contributed by atoms with E-state index in [-0.39, 0.29) is 5.82 Å². The zero-order valence-corrected chi connectivity index (χ0v) is 12.9. The topological polar surface area (TPSA) is 17.4 Å². The Bertz CT molecular complexity index is 810. The van der Waals surface area contributed by atoms with E-state index < -0.39 is 0 Å². The molecule has 0 saturated carbocycles. The molecule has 0 spiro atoms. The van der Waals surface area contributed by atoms with Crippen LogP contribution < -0.4 is 4.74 Å². The van der Waals surface area contributed by atoms with Crippen LogP contribution in [0.5, 0.6) is 5.75 Å². The third-order valence-electron chi connectivity index (χ3n) is 4.41. The third kappa shape index (κ3) is 2.94. The van der Waals surface area contributed by atoms with Crippen molar-refractivity contribution in [2.75, 3.05) is 19.7 Å². The molecule has 1 aliphatic heterocycles. The maximum Gasteiger partial charge on any atom is 0.123 e. The first-order valence-electron chi connectivity index (χ1n) is 7.97. The van der Waals surface area contributed by atoms with E-state index in [4.69, 9.17) is 4.74 Å². The van der Waals surface area contributed by atoms with Gasteiger partial charge in [-0.1, -0.05) is 18.2 Å². The molecule has 1 aromatic heterocycles. The van der Waals surface area contributed by atoms with Crippen LogP contribution in [0, 0.1) is 5.82 Å². The van der Waals surface area contributed by atoms with Gasteiger partial charge < -0.3 is 9.30 Å². The molecule has 0 fully saturated rings. The molecule has 4 heteroatoms. The van der Waals surface area contributed by atoms with Crippen molar-refractivity contribution in [2.24, 2.45) is 0 Å². The van der Waals surface area contributed by atoms with Gasteiger partial charge in [0.1, 0.15) is 18.2 Å². The summed E-state index contributed by atoms with van der Waals surface area (Å²) < 4.78 is 21.0. The third-order valence-corrected chi connectivity index (χ3v) is 4.41. The minimum atomic E-state index is -0.235. The molecule has 4 rings (SSSR count). The van der Waals surface area contributed by atoms with Crippen LogP contribution in [0.1, 0.15) is 5.69 Å². The number of rotatable bonds is 4. The molecular formula is C19H19FN2O. The summed E-state index contributed by atoms with van der Waals surface area (Å²) in [5.41, 5.74) is 2.68. The Balaban J connectivity index is 1.37. The van der Waals surface area contributed by atoms with Gasteiger partial charge in [0.15, 0.2) is 0 Å². The van der Waals surface area contributed by atoms with Crippen LogP contribution in [0.25, 0.3) is 10.9 Å². The number of hydrogen-bond donors (Lipinski definition) is 0. The Morgan fingerprint density at radius 1 is 1.00 bits per heavy atom. The van der Waals surface area contributed by atoms with Crippen LogP contribution in [0.3, 0.4) is 0 Å². The molecule has 23 heavy (non-hydrogen) atoms. The highest BCUT2D eigenvalue weighted by Crippen LogP contribution is 2.23. The number of nitrogens with zero attached hydrogens (tertiary/aromatic N) is 2. The van der Waals surface area contributed by atoms with Crippen molar-refractivity contribution in [3.8, 4) is 5.75 Å². The Hall–Kier alpha value is -2.33. The van der Waals surface area contributed by atoms with E-state index in [0.29, 0.717) is 6.61 Å². The lowest BCUT2D eigenvalue weighted by Gasteiger charge is -2.28. The number of halogens is 1. The van der Waals surface area contributed by atoms with Crippen LogP contribution in [0.4, 0.5) is 4.39 Å². The summed E-state index contributed by atoms with van der Waals surface area (Å²) in [7, 11) is 0. The lowest BCUT2D eigenvalue weighted by Crippen LogP contribution is -2.36. The summed E-state index contributed by atoms with van der Waals surface area (Å²) in [6.07, 6.45) is 0. The van der Waals surface area contributed by atoms with Crippen LogP contribution >= 0.6 is 0 Å². The second kappa shape index (κ2) is 6.05. The highest BCUT2D eigenvalue weighted by Gasteiger charge is 2.18. The maximum absolute atomic E-state index is 12.9. The van der Waals surface area contributed by atoms with Gasteiger partial charge in [0.2, 0.25) is 0 Å². The summed E-state index contributed by atoms with van der Waals surface area (Å²) in [6, 6.07) is 17.0. The van der Waals surface area contributed by atoms with E-state index in [9.17, 15) is 4.39 Å². The van der Waals surface area contributed by atoms with Gasteiger partial charge in [-0.3, -0.25) is 4.90 Å². The van der Waals surface area contributed by atoms with Crippen LogP contribution in [-0.2, 0) is 13.1 Å². The highest BCUT2D eigenvalue weighted by molar-refractivity contribution is 5.81. The van der Waals surface area contributed by atoms with Gasteiger partial charge in [-0.05, 0) is 41.8 Å². The number of aromatic nitrogens is 1. The average Bonchev–Trinajstić information content (AvgIpc) is 2.94. The van der Waals surface area contributed by atoms with Crippen molar-refractivity contribution in [3.05, 3.63) is 66.1 Å². The molecular weight excluding hydrogens is 291 g/mol. The fraction of sp³-hybridized carbons (Fsp3) is 0.263. The number of para-hydroxylation sites is 1. The van der Waals surface area contributed by atoms with Crippen LogP contribution in [0.2, 0.25) is 0 Å². The molecule has 118 valence electrons. The van der Waals surface area contributed by atoms with E-state index in [0.717, 1.165) is 31.9 Å². The quantitative estimate of drug-likeness (QED) is 0.731. The van der Waals surface area contributed by atoms with Gasteiger partial charge in [-0.2, -0.15) is 0 Å². The predicted octanol–water partition coefficient (Wildman–Crippen LogP) is 3.68. The first-order valence-corrected chi connectivity index (χ1v) is 7.97. The minimum absolute atomic E-state index is 0.235. The molecule has 1 aliphatic rings. The standard InChI is InChI=1S/C19H19FN2O/c20-16-5-7-18(8-6-16)23-12-11-21-9-10-22-17(14-21)13-15-3-1-2-4-19(15)22/h1-8,13H,9-12,14H2. The summed E-state index contributed by atoms with van der Waals surface area (Å²) in [5, 5.41) is 1.31. The van der Waals surface area contributed by atoms with Crippen LogP contribution in [0.15, 0.2) is 54.6 Å². The molecule has 0 unspecified atom stereocenters. The van der Waals surface area contributed by atoms with Crippen LogP contribution in [-0.4, -0.2) is 29.2 Å². The SMILES string of the molecule is Fc1ccc(OCCN2CCn3c(cc4ccccc43)C2)cc1. The summed E-state index contributed by atoms with van der Waals surface area (Å²) in [5.74, 6) is 0.485. The molecule has 3 nitrogen and oxygen atoms in total. The Kier molecular flexibility index (Phi) is 3.75. The molecule has 0 amide bonds. The van der Waals surface area contributed by atoms with Crippen molar-refractivity contribution in [1.29, 1.82) is 0 Å². The molecule has 0 N–H and O–H groups in total. The lowest BCUT2D eigenvalue weighted by molar-refractivity contribution is 0.178. The van der Waals surface area contributed by atoms with E-state index >= 15 is 0 Å². The molecule has 0 saturated heterocycles. The number of fused-ring (bicyclic) bond motifs is 3. The molecule has 0 bridgehead atoms. The second-order valence-corrected chi connectivity index (χ2v) is 5.92. The Morgan fingerprint density at radius 2 is 1.83 bits per heavy atom. The maximum atomic E-state index is 12.9. The van der Waals surface area contributed by atoms with Gasteiger partial charge >= 0.3 is 0 Å². The van der Waals surface area contributed by atoms with Gasteiger partial charge in [0.25, 0.3) is 0 Å². The molecule has 3 aromatic rings. The van der Waals surface area contributed by atoms with E-state index in [1.807, 2.05) is 0 Å². The van der Waals surface area contributed by atoms with Gasteiger partial charge in [-0.25, -0.2) is 4.39 Å². The first-order chi connectivity index (χ1) is 11.3. The average molecular weight is 310 g/mol. The second-order valence-electron chi connectivity index (χ2n) is 5.92. The zero-order valence-electron chi connectivity index (χ0n) is 12.9.